The number of aromatic carboxylic acids is 1. The van der Waals surface area contributed by atoms with Crippen LogP contribution in [0.5, 0.6) is 5.75 Å². The maximum atomic E-state index is 12.0. The minimum atomic E-state index is -3.89. The average molecular weight is 303 g/mol. The second kappa shape index (κ2) is 6.69. The Morgan fingerprint density at radius 3 is 2.60 bits per heavy atom. The van der Waals surface area contributed by atoms with E-state index in [9.17, 15) is 13.2 Å². The predicted octanol–water partition coefficient (Wildman–Crippen LogP) is 0.443. The third-order valence-electron chi connectivity index (χ3n) is 2.42. The zero-order valence-corrected chi connectivity index (χ0v) is 12.0. The summed E-state index contributed by atoms with van der Waals surface area (Å²) in [5, 5.41) is 17.9. The molecule has 0 bridgehead atoms. The summed E-state index contributed by atoms with van der Waals surface area (Å²) in [5.41, 5.74) is -0.230. The number of aliphatic hydroxyl groups is 1. The van der Waals surface area contributed by atoms with Gasteiger partial charge in [0.15, 0.2) is 0 Å². The first-order valence-electron chi connectivity index (χ1n) is 5.95. The topological polar surface area (TPSA) is 113 Å². The van der Waals surface area contributed by atoms with Gasteiger partial charge in [0.25, 0.3) is 0 Å². The Hall–Kier alpha value is -1.64. The molecule has 0 fully saturated rings. The summed E-state index contributed by atoms with van der Waals surface area (Å²) in [5.74, 6) is -1.17. The van der Waals surface area contributed by atoms with Crippen molar-refractivity contribution in [2.45, 2.75) is 24.8 Å². The highest BCUT2D eigenvalue weighted by Gasteiger charge is 2.21. The summed E-state index contributed by atoms with van der Waals surface area (Å²) in [6.45, 7) is 3.10. The zero-order valence-electron chi connectivity index (χ0n) is 11.2. The summed E-state index contributed by atoms with van der Waals surface area (Å²) < 4.78 is 31.3. The Labute approximate surface area is 117 Å². The number of hydrogen-bond acceptors (Lipinski definition) is 5. The van der Waals surface area contributed by atoms with Crippen LogP contribution >= 0.6 is 0 Å². The van der Waals surface area contributed by atoms with Gasteiger partial charge in [-0.15, -0.1) is 0 Å². The fourth-order valence-electron chi connectivity index (χ4n) is 1.49. The van der Waals surface area contributed by atoms with E-state index in [1.54, 1.807) is 6.92 Å². The van der Waals surface area contributed by atoms with Gasteiger partial charge in [0.2, 0.25) is 10.0 Å². The molecule has 0 aliphatic rings. The molecule has 1 atom stereocenters. The molecule has 0 amide bonds. The lowest BCUT2D eigenvalue weighted by Gasteiger charge is -2.13. The van der Waals surface area contributed by atoms with Gasteiger partial charge in [-0.2, -0.15) is 0 Å². The highest BCUT2D eigenvalue weighted by Crippen LogP contribution is 2.23. The van der Waals surface area contributed by atoms with E-state index in [2.05, 4.69) is 4.72 Å². The number of ether oxygens (including phenoxy) is 1. The number of aliphatic hydroxyl groups excluding tert-OH is 1. The molecule has 20 heavy (non-hydrogen) atoms. The van der Waals surface area contributed by atoms with Gasteiger partial charge in [-0.05, 0) is 32.0 Å². The van der Waals surface area contributed by atoms with Gasteiger partial charge in [-0.3, -0.25) is 0 Å². The van der Waals surface area contributed by atoms with Gasteiger partial charge in [0.1, 0.15) is 11.3 Å². The molecule has 0 saturated carbocycles. The second-order valence-electron chi connectivity index (χ2n) is 4.10. The summed E-state index contributed by atoms with van der Waals surface area (Å²) >= 11 is 0. The maximum absolute atomic E-state index is 12.0. The Bertz CT molecular complexity index is 584. The molecule has 112 valence electrons. The number of sulfonamides is 1. The lowest BCUT2D eigenvalue weighted by molar-refractivity contribution is 0.0692. The highest BCUT2D eigenvalue weighted by atomic mass is 32.2. The summed E-state index contributed by atoms with van der Waals surface area (Å²) in [6.07, 6.45) is 0. The van der Waals surface area contributed by atoms with Crippen LogP contribution in [0.1, 0.15) is 24.2 Å². The number of carbonyl (C=O) groups is 1. The maximum Gasteiger partial charge on any atom is 0.339 e. The molecule has 1 aromatic carbocycles. The van der Waals surface area contributed by atoms with Crippen LogP contribution in [0.2, 0.25) is 0 Å². The van der Waals surface area contributed by atoms with Gasteiger partial charge >= 0.3 is 5.97 Å². The molecule has 0 heterocycles. The SMILES string of the molecule is CCOc1ccc(S(=O)(=O)NC(C)CO)cc1C(=O)O. The summed E-state index contributed by atoms with van der Waals surface area (Å²) in [4.78, 5) is 10.9. The quantitative estimate of drug-likeness (QED) is 0.674. The number of nitrogens with one attached hydrogen (secondary N) is 1. The van der Waals surface area contributed by atoms with Gasteiger partial charge in [0, 0.05) is 6.04 Å². The fourth-order valence-corrected chi connectivity index (χ4v) is 2.76. The fraction of sp³-hybridized carbons (Fsp3) is 0.417. The van der Waals surface area contributed by atoms with E-state index >= 15 is 0 Å². The van der Waals surface area contributed by atoms with Crippen LogP contribution in [0.15, 0.2) is 23.1 Å². The molecule has 1 rings (SSSR count). The Morgan fingerprint density at radius 2 is 2.10 bits per heavy atom. The van der Waals surface area contributed by atoms with E-state index in [1.807, 2.05) is 0 Å². The average Bonchev–Trinajstić information content (AvgIpc) is 2.38. The Kier molecular flexibility index (Phi) is 5.49. The van der Waals surface area contributed by atoms with Crippen LogP contribution in [-0.2, 0) is 10.0 Å². The molecule has 0 saturated heterocycles. The van der Waals surface area contributed by atoms with Gasteiger partial charge in [0.05, 0.1) is 18.1 Å². The number of benzene rings is 1. The molecule has 1 unspecified atom stereocenters. The molecule has 0 spiro atoms. The van der Waals surface area contributed by atoms with Crippen molar-refractivity contribution in [1.82, 2.24) is 4.72 Å². The first-order valence-corrected chi connectivity index (χ1v) is 7.43. The van der Waals surface area contributed by atoms with Crippen molar-refractivity contribution < 1.29 is 28.2 Å². The molecule has 3 N–H and O–H groups in total. The van der Waals surface area contributed by atoms with Crippen LogP contribution in [0.3, 0.4) is 0 Å². The van der Waals surface area contributed by atoms with Gasteiger partial charge in [-0.25, -0.2) is 17.9 Å². The highest BCUT2D eigenvalue weighted by molar-refractivity contribution is 7.89. The number of carboxylic acid groups (broad SMARTS) is 1. The molecular formula is C12H17NO6S. The van der Waals surface area contributed by atoms with Crippen molar-refractivity contribution in [3.63, 3.8) is 0 Å². The van der Waals surface area contributed by atoms with Crippen LogP contribution in [0, 0.1) is 0 Å². The third-order valence-corrected chi connectivity index (χ3v) is 4.01. The summed E-state index contributed by atoms with van der Waals surface area (Å²) in [6, 6.07) is 2.91. The van der Waals surface area contributed by atoms with E-state index in [0.29, 0.717) is 0 Å². The van der Waals surface area contributed by atoms with E-state index < -0.39 is 22.0 Å². The lowest BCUT2D eigenvalue weighted by atomic mass is 10.2. The van der Waals surface area contributed by atoms with Crippen molar-refractivity contribution in [3.05, 3.63) is 23.8 Å². The van der Waals surface area contributed by atoms with Crippen molar-refractivity contribution in [2.75, 3.05) is 13.2 Å². The van der Waals surface area contributed by atoms with Crippen LogP contribution in [0.25, 0.3) is 0 Å². The van der Waals surface area contributed by atoms with Crippen molar-refractivity contribution >= 4 is 16.0 Å². The van der Waals surface area contributed by atoms with Gasteiger partial charge < -0.3 is 14.9 Å². The van der Waals surface area contributed by atoms with E-state index in [-0.39, 0.29) is 29.4 Å². The monoisotopic (exact) mass is 303 g/mol. The Morgan fingerprint density at radius 1 is 1.45 bits per heavy atom. The zero-order chi connectivity index (χ0) is 15.3. The van der Waals surface area contributed by atoms with Crippen LogP contribution < -0.4 is 9.46 Å². The normalized spacial score (nSPS) is 12.9. The van der Waals surface area contributed by atoms with Crippen molar-refractivity contribution in [3.8, 4) is 5.75 Å². The van der Waals surface area contributed by atoms with Crippen molar-refractivity contribution in [1.29, 1.82) is 0 Å². The smallest absolute Gasteiger partial charge is 0.339 e. The second-order valence-corrected chi connectivity index (χ2v) is 5.82. The lowest BCUT2D eigenvalue weighted by Crippen LogP contribution is -2.35. The molecule has 0 radical (unpaired) electrons. The number of hydrogen-bond donors (Lipinski definition) is 3. The summed E-state index contributed by atoms with van der Waals surface area (Å²) in [7, 11) is -3.89. The molecular weight excluding hydrogens is 286 g/mol. The Balaban J connectivity index is 3.20. The first-order chi connectivity index (χ1) is 9.31. The minimum absolute atomic E-state index is 0.106. The molecule has 7 nitrogen and oxygen atoms in total. The predicted molar refractivity (Wildman–Crippen MR) is 71.4 cm³/mol. The van der Waals surface area contributed by atoms with E-state index in [0.717, 1.165) is 6.07 Å². The minimum Gasteiger partial charge on any atom is -0.493 e. The molecule has 0 aliphatic carbocycles. The first kappa shape index (κ1) is 16.4. The van der Waals surface area contributed by atoms with Gasteiger partial charge in [-0.1, -0.05) is 0 Å². The molecule has 0 aromatic heterocycles. The number of rotatable bonds is 7. The van der Waals surface area contributed by atoms with E-state index in [4.69, 9.17) is 14.9 Å². The number of carboxylic acids is 1. The van der Waals surface area contributed by atoms with Crippen LogP contribution in [-0.4, -0.2) is 43.9 Å². The molecule has 1 aromatic rings. The molecule has 0 aliphatic heterocycles. The largest absolute Gasteiger partial charge is 0.493 e. The van der Waals surface area contributed by atoms with E-state index in [1.165, 1.54) is 19.1 Å². The van der Waals surface area contributed by atoms with Crippen LogP contribution in [0.4, 0.5) is 0 Å². The van der Waals surface area contributed by atoms with Crippen molar-refractivity contribution in [2.24, 2.45) is 0 Å². The molecule has 8 heteroatoms. The standard InChI is InChI=1S/C12H17NO6S/c1-3-19-11-5-4-9(6-10(11)12(15)16)20(17,18)13-8(2)7-14/h4-6,8,13-14H,3,7H2,1-2H3,(H,15,16). The third kappa shape index (κ3) is 3.92.